The molecule has 1 aromatic rings. The van der Waals surface area contributed by atoms with Crippen molar-refractivity contribution in [1.82, 2.24) is 4.90 Å². The van der Waals surface area contributed by atoms with Gasteiger partial charge in [0.2, 0.25) is 5.91 Å². The number of nitrogens with zero attached hydrogens (tertiary/aromatic N) is 1. The maximum atomic E-state index is 11.7. The van der Waals surface area contributed by atoms with Crippen LogP contribution in [0, 0.1) is 5.92 Å². The molecular formula is C13H14BrNO3. The van der Waals surface area contributed by atoms with Crippen LogP contribution < -0.4 is 0 Å². The second-order valence-corrected chi connectivity index (χ2v) is 5.40. The lowest BCUT2D eigenvalue weighted by molar-refractivity contribution is -0.150. The molecule has 2 rings (SSSR count). The van der Waals surface area contributed by atoms with E-state index in [1.165, 1.54) is 0 Å². The molecule has 0 radical (unpaired) electrons. The number of halogens is 1. The predicted octanol–water partition coefficient (Wildman–Crippen LogP) is 2.44. The van der Waals surface area contributed by atoms with Crippen LogP contribution >= 0.6 is 15.9 Å². The van der Waals surface area contributed by atoms with Gasteiger partial charge in [0.15, 0.2) is 0 Å². The van der Waals surface area contributed by atoms with Gasteiger partial charge in [-0.05, 0) is 24.1 Å². The van der Waals surface area contributed by atoms with E-state index < -0.39 is 11.9 Å². The van der Waals surface area contributed by atoms with Gasteiger partial charge in [0, 0.05) is 17.9 Å². The summed E-state index contributed by atoms with van der Waals surface area (Å²) in [6, 6.07) is 7.07. The molecule has 1 aliphatic heterocycles. The van der Waals surface area contributed by atoms with Crippen molar-refractivity contribution in [2.45, 2.75) is 18.9 Å². The summed E-state index contributed by atoms with van der Waals surface area (Å²) >= 11 is 3.34. The van der Waals surface area contributed by atoms with Crippen LogP contribution in [0.4, 0.5) is 0 Å². The van der Waals surface area contributed by atoms with Crippen LogP contribution in [0.3, 0.4) is 0 Å². The van der Waals surface area contributed by atoms with Crippen molar-refractivity contribution < 1.29 is 14.7 Å². The number of carbonyl (C=O) groups is 2. The third-order valence-electron chi connectivity index (χ3n) is 3.39. The number of hydrogen-bond donors (Lipinski definition) is 1. The quantitative estimate of drug-likeness (QED) is 0.912. The summed E-state index contributed by atoms with van der Waals surface area (Å²) in [5, 5.41) is 9.28. The Bertz CT molecular complexity index is 472. The average molecular weight is 312 g/mol. The first-order chi connectivity index (χ1) is 8.50. The molecule has 1 saturated heterocycles. The average Bonchev–Trinajstić information content (AvgIpc) is 2.33. The second-order valence-electron chi connectivity index (χ2n) is 4.48. The largest absolute Gasteiger partial charge is 0.481 e. The molecule has 0 aliphatic carbocycles. The smallest absolute Gasteiger partial charge is 0.308 e. The number of amides is 1. The van der Waals surface area contributed by atoms with E-state index in [1.807, 2.05) is 24.3 Å². The van der Waals surface area contributed by atoms with Gasteiger partial charge < -0.3 is 10.0 Å². The minimum atomic E-state index is -0.845. The highest BCUT2D eigenvalue weighted by Crippen LogP contribution is 2.36. The van der Waals surface area contributed by atoms with Crippen LogP contribution in [-0.4, -0.2) is 28.9 Å². The molecular weight excluding hydrogens is 298 g/mol. The molecule has 0 aromatic heterocycles. The van der Waals surface area contributed by atoms with E-state index in [-0.39, 0.29) is 11.9 Å². The molecule has 2 unspecified atom stereocenters. The zero-order valence-corrected chi connectivity index (χ0v) is 11.6. The molecule has 0 saturated carbocycles. The maximum absolute atomic E-state index is 11.7. The number of hydrogen-bond acceptors (Lipinski definition) is 2. The second kappa shape index (κ2) is 5.10. The van der Waals surface area contributed by atoms with Gasteiger partial charge in [0.25, 0.3) is 0 Å². The monoisotopic (exact) mass is 311 g/mol. The van der Waals surface area contributed by atoms with Gasteiger partial charge in [-0.15, -0.1) is 0 Å². The summed E-state index contributed by atoms with van der Waals surface area (Å²) < 4.78 is 0.933. The molecule has 96 valence electrons. The van der Waals surface area contributed by atoms with Gasteiger partial charge in [0.05, 0.1) is 12.0 Å². The lowest BCUT2D eigenvalue weighted by Gasteiger charge is -2.37. The Hall–Kier alpha value is -1.36. The molecule has 1 fully saturated rings. The number of carboxylic acid groups (broad SMARTS) is 1. The highest BCUT2D eigenvalue weighted by atomic mass is 79.9. The Morgan fingerprint density at radius 2 is 2.00 bits per heavy atom. The molecule has 1 heterocycles. The Balaban J connectivity index is 2.37. The summed E-state index contributed by atoms with van der Waals surface area (Å²) in [7, 11) is 1.67. The first kappa shape index (κ1) is 13.1. The molecule has 1 aliphatic rings. The predicted molar refractivity (Wildman–Crippen MR) is 70.0 cm³/mol. The minimum Gasteiger partial charge on any atom is -0.481 e. The van der Waals surface area contributed by atoms with Crippen molar-refractivity contribution in [1.29, 1.82) is 0 Å². The zero-order valence-electron chi connectivity index (χ0n) is 9.97. The first-order valence-corrected chi connectivity index (χ1v) is 6.54. The number of likely N-dealkylation sites (tertiary alicyclic amines) is 1. The summed E-state index contributed by atoms with van der Waals surface area (Å²) in [5.74, 6) is -1.38. The van der Waals surface area contributed by atoms with E-state index in [2.05, 4.69) is 15.9 Å². The normalized spacial score (nSPS) is 24.1. The summed E-state index contributed by atoms with van der Waals surface area (Å²) in [6.07, 6.45) is 0.708. The third kappa shape index (κ3) is 2.41. The van der Waals surface area contributed by atoms with Crippen molar-refractivity contribution >= 4 is 27.8 Å². The molecule has 2 atom stereocenters. The van der Waals surface area contributed by atoms with E-state index in [4.69, 9.17) is 0 Å². The lowest BCUT2D eigenvalue weighted by Crippen LogP contribution is -2.42. The third-order valence-corrected chi connectivity index (χ3v) is 3.92. The van der Waals surface area contributed by atoms with Gasteiger partial charge in [-0.1, -0.05) is 28.1 Å². The molecule has 0 spiro atoms. The molecule has 4 nitrogen and oxygen atoms in total. The first-order valence-electron chi connectivity index (χ1n) is 5.74. The van der Waals surface area contributed by atoms with Gasteiger partial charge in [-0.3, -0.25) is 9.59 Å². The van der Waals surface area contributed by atoms with Crippen molar-refractivity contribution in [3.05, 3.63) is 34.3 Å². The highest BCUT2D eigenvalue weighted by molar-refractivity contribution is 9.10. The van der Waals surface area contributed by atoms with E-state index in [1.54, 1.807) is 11.9 Å². The molecule has 1 N–H and O–H groups in total. The molecule has 0 bridgehead atoms. The SMILES string of the molecule is CN1C(=O)CCC(C(=O)O)C1c1ccc(Br)cc1. The van der Waals surface area contributed by atoms with Crippen molar-refractivity contribution in [3.8, 4) is 0 Å². The fourth-order valence-electron chi connectivity index (χ4n) is 2.41. The lowest BCUT2D eigenvalue weighted by atomic mass is 9.85. The number of aliphatic carboxylic acids is 1. The van der Waals surface area contributed by atoms with Gasteiger partial charge >= 0.3 is 5.97 Å². The Morgan fingerprint density at radius 1 is 1.39 bits per heavy atom. The van der Waals surface area contributed by atoms with Crippen LogP contribution in [0.1, 0.15) is 24.4 Å². The number of carboxylic acids is 1. The van der Waals surface area contributed by atoms with Crippen LogP contribution in [0.15, 0.2) is 28.7 Å². The van der Waals surface area contributed by atoms with Crippen molar-refractivity contribution in [2.75, 3.05) is 7.05 Å². The standard InChI is InChI=1S/C13H14BrNO3/c1-15-11(16)7-6-10(13(17)18)12(15)8-2-4-9(14)5-3-8/h2-5,10,12H,6-7H2,1H3,(H,17,18). The summed E-state index contributed by atoms with van der Waals surface area (Å²) in [6.45, 7) is 0. The fourth-order valence-corrected chi connectivity index (χ4v) is 2.68. The van der Waals surface area contributed by atoms with Crippen molar-refractivity contribution in [3.63, 3.8) is 0 Å². The number of piperidine rings is 1. The van der Waals surface area contributed by atoms with Crippen LogP contribution in [0.2, 0.25) is 0 Å². The van der Waals surface area contributed by atoms with Gasteiger partial charge in [-0.2, -0.15) is 0 Å². The highest BCUT2D eigenvalue weighted by Gasteiger charge is 2.38. The van der Waals surface area contributed by atoms with E-state index in [0.717, 1.165) is 10.0 Å². The Labute approximate surface area is 114 Å². The molecule has 18 heavy (non-hydrogen) atoms. The number of benzene rings is 1. The number of carbonyl (C=O) groups excluding carboxylic acids is 1. The van der Waals surface area contributed by atoms with Gasteiger partial charge in [0.1, 0.15) is 0 Å². The number of rotatable bonds is 2. The van der Waals surface area contributed by atoms with Crippen LogP contribution in [0.5, 0.6) is 0 Å². The molecule has 1 aromatic carbocycles. The topological polar surface area (TPSA) is 57.6 Å². The Morgan fingerprint density at radius 3 is 2.56 bits per heavy atom. The van der Waals surface area contributed by atoms with E-state index >= 15 is 0 Å². The maximum Gasteiger partial charge on any atom is 0.308 e. The van der Waals surface area contributed by atoms with Crippen molar-refractivity contribution in [2.24, 2.45) is 5.92 Å². The fraction of sp³-hybridized carbons (Fsp3) is 0.385. The molecule has 5 heteroatoms. The van der Waals surface area contributed by atoms with Crippen LogP contribution in [0.25, 0.3) is 0 Å². The van der Waals surface area contributed by atoms with E-state index in [9.17, 15) is 14.7 Å². The van der Waals surface area contributed by atoms with E-state index in [0.29, 0.717) is 12.8 Å². The minimum absolute atomic E-state index is 0.000388. The van der Waals surface area contributed by atoms with Gasteiger partial charge in [-0.25, -0.2) is 0 Å². The summed E-state index contributed by atoms with van der Waals surface area (Å²) in [4.78, 5) is 24.6. The molecule has 1 amide bonds. The zero-order chi connectivity index (χ0) is 13.3. The van der Waals surface area contributed by atoms with Crippen LogP contribution in [-0.2, 0) is 9.59 Å². The Kier molecular flexibility index (Phi) is 3.71. The summed E-state index contributed by atoms with van der Waals surface area (Å²) in [5.41, 5.74) is 0.862.